The monoisotopic (exact) mass is 759 g/mol. The molecule has 0 unspecified atom stereocenters. The average Bonchev–Trinajstić information content (AvgIpc) is 3.02. The minimum absolute atomic E-state index is 0.257. The molecule has 0 heterocycles. The third-order valence-corrected chi connectivity index (χ3v) is 6.71. The van der Waals surface area contributed by atoms with Gasteiger partial charge in [-0.25, -0.2) is 0 Å². The first kappa shape index (κ1) is 62.1. The van der Waals surface area contributed by atoms with Crippen LogP contribution in [0, 0.1) is 0 Å². The number of carboxylic acid groups (broad SMARTS) is 3. The lowest BCUT2D eigenvalue weighted by Gasteiger charge is -2.03. The predicted molar refractivity (Wildman–Crippen MR) is 214 cm³/mol. The summed E-state index contributed by atoms with van der Waals surface area (Å²) in [7, 11) is 15.4. The van der Waals surface area contributed by atoms with E-state index in [1.165, 1.54) is 38.5 Å². The molecule has 318 valence electrons. The number of aliphatic carboxylic acids is 3. The number of aliphatic hydroxyl groups is 4. The van der Waals surface area contributed by atoms with Gasteiger partial charge < -0.3 is 55.3 Å². The van der Waals surface area contributed by atoms with Gasteiger partial charge in [0.25, 0.3) is 0 Å². The van der Waals surface area contributed by atoms with Crippen molar-refractivity contribution in [2.75, 3.05) is 109 Å². The van der Waals surface area contributed by atoms with Gasteiger partial charge in [0.15, 0.2) is 0 Å². The Morgan fingerprint density at radius 1 is 0.346 bits per heavy atom. The number of carboxylic acids is 3. The summed E-state index contributed by atoms with van der Waals surface area (Å²) in [6.45, 7) is 6.30. The number of unbranched alkanes of at least 4 members (excludes halogenated alkanes) is 13. The summed E-state index contributed by atoms with van der Waals surface area (Å²) < 4.78 is 0. The zero-order valence-electron chi connectivity index (χ0n) is 35.0. The van der Waals surface area contributed by atoms with Gasteiger partial charge in [0, 0.05) is 45.4 Å². The van der Waals surface area contributed by atoms with Crippen LogP contribution in [0.15, 0.2) is 0 Å². The molecule has 0 aromatic heterocycles. The quantitative estimate of drug-likeness (QED) is 0.0579. The minimum atomic E-state index is -0.726. The second kappa shape index (κ2) is 55.8. The Kier molecular flexibility index (Phi) is 66.7. The molecule has 0 aliphatic rings. The van der Waals surface area contributed by atoms with Gasteiger partial charge in [-0.15, -0.1) is 0 Å². The van der Waals surface area contributed by atoms with E-state index in [1.54, 1.807) is 0 Å². The standard InChI is InChI=1S/C11H20O4.C11H22O2.4C4H11NO/c12-10(13)8-6-4-2-1-3-5-7-9-11(14)15;1-2-3-4-5-6-7-8-9-10-11(12)13;4*1-5(2)3-4-6/h1-9H2,(H,12,13)(H,14,15);2-10H2,1H3,(H,12,13);4*6H,3-4H2,1-2H3. The van der Waals surface area contributed by atoms with Crippen molar-refractivity contribution in [2.24, 2.45) is 0 Å². The molecule has 0 aliphatic carbocycles. The zero-order valence-corrected chi connectivity index (χ0v) is 35.0. The van der Waals surface area contributed by atoms with Crippen molar-refractivity contribution < 1.29 is 50.1 Å². The van der Waals surface area contributed by atoms with Crippen LogP contribution >= 0.6 is 0 Å². The Hall–Kier alpha value is -1.91. The summed E-state index contributed by atoms with van der Waals surface area (Å²) in [5.41, 5.74) is 0. The van der Waals surface area contributed by atoms with Crippen molar-refractivity contribution in [1.82, 2.24) is 19.6 Å². The molecular formula is C38H86N4O10. The highest BCUT2D eigenvalue weighted by molar-refractivity contribution is 5.67. The summed E-state index contributed by atoms with van der Waals surface area (Å²) in [5, 5.41) is 57.9. The van der Waals surface area contributed by atoms with Gasteiger partial charge in [-0.2, -0.15) is 0 Å². The molecule has 7 N–H and O–H groups in total. The highest BCUT2D eigenvalue weighted by Crippen LogP contribution is 2.10. The van der Waals surface area contributed by atoms with Crippen molar-refractivity contribution in [3.05, 3.63) is 0 Å². The van der Waals surface area contributed by atoms with Crippen LogP contribution in [-0.4, -0.2) is 182 Å². The second-order valence-electron chi connectivity index (χ2n) is 13.5. The van der Waals surface area contributed by atoms with Gasteiger partial charge in [0.2, 0.25) is 0 Å². The van der Waals surface area contributed by atoms with Crippen molar-refractivity contribution in [2.45, 2.75) is 122 Å². The number of hydrogen-bond donors (Lipinski definition) is 7. The van der Waals surface area contributed by atoms with E-state index in [0.717, 1.165) is 84.0 Å². The van der Waals surface area contributed by atoms with Gasteiger partial charge in [-0.3, -0.25) is 14.4 Å². The van der Waals surface area contributed by atoms with Crippen molar-refractivity contribution >= 4 is 17.9 Å². The molecular weight excluding hydrogens is 672 g/mol. The van der Waals surface area contributed by atoms with Gasteiger partial charge in [0.1, 0.15) is 0 Å². The van der Waals surface area contributed by atoms with E-state index in [4.69, 9.17) is 35.7 Å². The highest BCUT2D eigenvalue weighted by atomic mass is 16.4. The van der Waals surface area contributed by atoms with Crippen molar-refractivity contribution in [3.8, 4) is 0 Å². The van der Waals surface area contributed by atoms with Crippen molar-refractivity contribution in [1.29, 1.82) is 0 Å². The minimum Gasteiger partial charge on any atom is -0.481 e. The fraction of sp³-hybridized carbons (Fsp3) is 0.921. The largest absolute Gasteiger partial charge is 0.481 e. The van der Waals surface area contributed by atoms with E-state index in [9.17, 15) is 14.4 Å². The average molecular weight is 759 g/mol. The van der Waals surface area contributed by atoms with E-state index >= 15 is 0 Å². The zero-order chi connectivity index (χ0) is 41.4. The van der Waals surface area contributed by atoms with E-state index in [2.05, 4.69) is 6.92 Å². The first-order valence-corrected chi connectivity index (χ1v) is 19.2. The van der Waals surface area contributed by atoms with Gasteiger partial charge in [0.05, 0.1) is 26.4 Å². The maximum absolute atomic E-state index is 10.2. The van der Waals surface area contributed by atoms with Crippen LogP contribution in [0.2, 0.25) is 0 Å². The normalized spacial score (nSPS) is 10.1. The Morgan fingerprint density at radius 2 is 0.519 bits per heavy atom. The smallest absolute Gasteiger partial charge is 0.303 e. The molecule has 14 nitrogen and oxygen atoms in total. The molecule has 0 aromatic rings. The van der Waals surface area contributed by atoms with Crippen LogP contribution in [0.25, 0.3) is 0 Å². The molecule has 0 bridgehead atoms. The summed E-state index contributed by atoms with van der Waals surface area (Å²) in [5.74, 6) is -2.11. The number of aliphatic hydroxyl groups excluding tert-OH is 4. The summed E-state index contributed by atoms with van der Waals surface area (Å²) in [6, 6.07) is 0. The molecule has 0 spiro atoms. The Bertz CT molecular complexity index is 626. The number of likely N-dealkylation sites (N-methyl/N-ethyl adjacent to an activating group) is 4. The first-order valence-electron chi connectivity index (χ1n) is 19.2. The number of nitrogens with zero attached hydrogens (tertiary/aromatic N) is 4. The third-order valence-electron chi connectivity index (χ3n) is 6.71. The molecule has 0 saturated carbocycles. The van der Waals surface area contributed by atoms with Crippen LogP contribution < -0.4 is 0 Å². The molecule has 0 amide bonds. The fourth-order valence-electron chi connectivity index (χ4n) is 3.65. The molecule has 0 fully saturated rings. The molecule has 0 rings (SSSR count). The third kappa shape index (κ3) is 104. The number of rotatable bonds is 27. The van der Waals surface area contributed by atoms with Crippen LogP contribution in [0.3, 0.4) is 0 Å². The van der Waals surface area contributed by atoms with Crippen LogP contribution in [0.5, 0.6) is 0 Å². The van der Waals surface area contributed by atoms with Crippen molar-refractivity contribution in [3.63, 3.8) is 0 Å². The topological polar surface area (TPSA) is 206 Å². The molecule has 0 aliphatic heterocycles. The van der Waals surface area contributed by atoms with Crippen LogP contribution in [0.1, 0.15) is 122 Å². The summed E-state index contributed by atoms with van der Waals surface area (Å²) in [4.78, 5) is 38.3. The van der Waals surface area contributed by atoms with Crippen LogP contribution in [0.4, 0.5) is 0 Å². The van der Waals surface area contributed by atoms with Gasteiger partial charge in [-0.05, 0) is 75.6 Å². The first-order chi connectivity index (χ1) is 24.5. The molecule has 0 atom stereocenters. The number of carbonyl (C=O) groups is 3. The summed E-state index contributed by atoms with van der Waals surface area (Å²) >= 11 is 0. The lowest BCUT2D eigenvalue weighted by atomic mass is 10.1. The molecule has 52 heavy (non-hydrogen) atoms. The van der Waals surface area contributed by atoms with Crippen LogP contribution in [-0.2, 0) is 14.4 Å². The molecule has 14 heteroatoms. The van der Waals surface area contributed by atoms with E-state index in [1.807, 2.05) is 76.0 Å². The van der Waals surface area contributed by atoms with E-state index < -0.39 is 17.9 Å². The fourth-order valence-corrected chi connectivity index (χ4v) is 3.65. The molecule has 0 radical (unpaired) electrons. The van der Waals surface area contributed by atoms with E-state index in [-0.39, 0.29) is 39.3 Å². The predicted octanol–water partition coefficient (Wildman–Crippen LogP) is 4.43. The second-order valence-corrected chi connectivity index (χ2v) is 13.5. The van der Waals surface area contributed by atoms with E-state index in [0.29, 0.717) is 6.42 Å². The lowest BCUT2D eigenvalue weighted by Crippen LogP contribution is -2.15. The Balaban J connectivity index is -0.000000129. The lowest BCUT2D eigenvalue weighted by molar-refractivity contribution is -0.138. The highest BCUT2D eigenvalue weighted by Gasteiger charge is 1.98. The van der Waals surface area contributed by atoms with Gasteiger partial charge in [-0.1, -0.05) is 84.0 Å². The maximum Gasteiger partial charge on any atom is 0.303 e. The Morgan fingerprint density at radius 3 is 0.635 bits per heavy atom. The SMILES string of the molecule is CCCCCCCCCCC(=O)O.CN(C)CCO.CN(C)CCO.CN(C)CCO.CN(C)CCO.O=C(O)CCCCCCCCCC(=O)O. The summed E-state index contributed by atoms with van der Waals surface area (Å²) in [6.07, 6.45) is 17.2. The number of hydrogen-bond acceptors (Lipinski definition) is 11. The Labute approximate surface area is 318 Å². The molecule has 0 saturated heterocycles. The van der Waals surface area contributed by atoms with Gasteiger partial charge >= 0.3 is 17.9 Å². The molecule has 0 aromatic carbocycles. The maximum atomic E-state index is 10.2.